The van der Waals surface area contributed by atoms with Gasteiger partial charge in [-0.2, -0.15) is 0 Å². The lowest BCUT2D eigenvalue weighted by Crippen LogP contribution is -2.23. The van der Waals surface area contributed by atoms with Crippen LogP contribution in [0.25, 0.3) is 11.0 Å². The molecule has 118 valence electrons. The Hall–Kier alpha value is -2.67. The van der Waals surface area contributed by atoms with Crippen molar-refractivity contribution in [3.8, 4) is 0 Å². The van der Waals surface area contributed by atoms with Gasteiger partial charge < -0.3 is 10.3 Å². The van der Waals surface area contributed by atoms with E-state index in [1.54, 1.807) is 0 Å². The topological polar surface area (TPSA) is 91.9 Å². The normalized spacial score (nSPS) is 11.5. The number of hydrogen-bond acceptors (Lipinski definition) is 4. The van der Waals surface area contributed by atoms with Crippen molar-refractivity contribution in [3.63, 3.8) is 0 Å². The predicted octanol–water partition coefficient (Wildman–Crippen LogP) is 1.90. The van der Waals surface area contributed by atoms with E-state index in [1.165, 1.54) is 24.3 Å². The number of aromatic amines is 1. The third kappa shape index (κ3) is 3.40. The van der Waals surface area contributed by atoms with Gasteiger partial charge in [-0.3, -0.25) is 4.79 Å². The highest BCUT2D eigenvalue weighted by Gasteiger charge is 2.10. The molecule has 0 aliphatic carbocycles. The van der Waals surface area contributed by atoms with E-state index in [2.05, 4.69) is 15.3 Å². The van der Waals surface area contributed by atoms with Crippen molar-refractivity contribution in [1.82, 2.24) is 15.3 Å². The number of amides is 1. The lowest BCUT2D eigenvalue weighted by molar-refractivity contribution is 0.0950. The maximum absolute atomic E-state index is 12.1. The molecular formula is C16H15N3O3S. The summed E-state index contributed by atoms with van der Waals surface area (Å²) in [6, 6.07) is 13.4. The second kappa shape index (κ2) is 5.85. The van der Waals surface area contributed by atoms with Gasteiger partial charge in [0.1, 0.15) is 5.82 Å². The summed E-state index contributed by atoms with van der Waals surface area (Å²) >= 11 is 0. The van der Waals surface area contributed by atoms with Crippen LogP contribution in [-0.4, -0.2) is 30.5 Å². The van der Waals surface area contributed by atoms with E-state index in [9.17, 15) is 13.2 Å². The number of fused-ring (bicyclic) bond motifs is 1. The SMILES string of the molecule is CS(=O)(=O)c1ccc(C(=O)NCc2nc3ccccc3[nH]2)cc1. The molecule has 3 aromatic rings. The lowest BCUT2D eigenvalue weighted by atomic mass is 10.2. The third-order valence-electron chi connectivity index (χ3n) is 3.40. The van der Waals surface area contributed by atoms with Gasteiger partial charge in [0.2, 0.25) is 0 Å². The molecule has 6 nitrogen and oxygen atoms in total. The second-order valence-corrected chi connectivity index (χ2v) is 7.20. The number of rotatable bonds is 4. The van der Waals surface area contributed by atoms with Gasteiger partial charge in [0.05, 0.1) is 22.5 Å². The Morgan fingerprint density at radius 1 is 1.13 bits per heavy atom. The molecule has 2 N–H and O–H groups in total. The van der Waals surface area contributed by atoms with Crippen LogP contribution >= 0.6 is 0 Å². The summed E-state index contributed by atoms with van der Waals surface area (Å²) < 4.78 is 22.8. The predicted molar refractivity (Wildman–Crippen MR) is 86.8 cm³/mol. The molecule has 1 amide bonds. The molecule has 0 aliphatic heterocycles. The van der Waals surface area contributed by atoms with E-state index < -0.39 is 9.84 Å². The Morgan fingerprint density at radius 2 is 1.83 bits per heavy atom. The average Bonchev–Trinajstić information content (AvgIpc) is 2.95. The fraction of sp³-hybridized carbons (Fsp3) is 0.125. The van der Waals surface area contributed by atoms with Crippen LogP contribution in [0.2, 0.25) is 0 Å². The fourth-order valence-corrected chi connectivity index (χ4v) is 2.84. The molecule has 0 bridgehead atoms. The first-order valence-corrected chi connectivity index (χ1v) is 8.84. The van der Waals surface area contributed by atoms with Crippen LogP contribution in [-0.2, 0) is 16.4 Å². The minimum atomic E-state index is -3.26. The third-order valence-corrected chi connectivity index (χ3v) is 4.53. The number of hydrogen-bond donors (Lipinski definition) is 2. The van der Waals surface area contributed by atoms with Gasteiger partial charge in [-0.05, 0) is 36.4 Å². The van der Waals surface area contributed by atoms with Crippen LogP contribution in [0.4, 0.5) is 0 Å². The lowest BCUT2D eigenvalue weighted by Gasteiger charge is -2.04. The van der Waals surface area contributed by atoms with E-state index >= 15 is 0 Å². The van der Waals surface area contributed by atoms with Gasteiger partial charge in [-0.15, -0.1) is 0 Å². The summed E-state index contributed by atoms with van der Waals surface area (Å²) in [7, 11) is -3.26. The molecule has 1 heterocycles. The zero-order valence-corrected chi connectivity index (χ0v) is 13.2. The minimum Gasteiger partial charge on any atom is -0.345 e. The van der Waals surface area contributed by atoms with Crippen molar-refractivity contribution in [3.05, 3.63) is 59.9 Å². The second-order valence-electron chi connectivity index (χ2n) is 5.18. The van der Waals surface area contributed by atoms with Crippen molar-refractivity contribution in [2.75, 3.05) is 6.26 Å². The van der Waals surface area contributed by atoms with Gasteiger partial charge >= 0.3 is 0 Å². The molecule has 0 unspecified atom stereocenters. The zero-order valence-electron chi connectivity index (χ0n) is 12.4. The fourth-order valence-electron chi connectivity index (χ4n) is 2.21. The number of aromatic nitrogens is 2. The number of benzene rings is 2. The quantitative estimate of drug-likeness (QED) is 0.764. The highest BCUT2D eigenvalue weighted by molar-refractivity contribution is 7.90. The first kappa shape index (κ1) is 15.2. The van der Waals surface area contributed by atoms with Crippen LogP contribution < -0.4 is 5.32 Å². The molecule has 7 heteroatoms. The van der Waals surface area contributed by atoms with Gasteiger partial charge in [0, 0.05) is 11.8 Å². The summed E-state index contributed by atoms with van der Waals surface area (Å²) in [5.41, 5.74) is 2.15. The molecule has 0 atom stereocenters. The summed E-state index contributed by atoms with van der Waals surface area (Å²) in [5.74, 6) is 0.373. The first-order chi connectivity index (χ1) is 10.9. The van der Waals surface area contributed by atoms with Crippen molar-refractivity contribution in [2.45, 2.75) is 11.4 Å². The summed E-state index contributed by atoms with van der Waals surface area (Å²) in [6.45, 7) is 0.265. The van der Waals surface area contributed by atoms with Gasteiger partial charge in [-0.1, -0.05) is 12.1 Å². The molecule has 0 fully saturated rings. The molecule has 0 spiro atoms. The molecule has 0 saturated heterocycles. The highest BCUT2D eigenvalue weighted by Crippen LogP contribution is 2.12. The molecular weight excluding hydrogens is 314 g/mol. The summed E-state index contributed by atoms with van der Waals surface area (Å²) in [4.78, 5) is 19.8. The Kier molecular flexibility index (Phi) is 3.87. The summed E-state index contributed by atoms with van der Waals surface area (Å²) in [6.07, 6.45) is 1.13. The standard InChI is InChI=1S/C16H15N3O3S/c1-23(21,22)12-8-6-11(7-9-12)16(20)17-10-15-18-13-4-2-3-5-14(13)19-15/h2-9H,10H2,1H3,(H,17,20)(H,18,19). The van der Waals surface area contributed by atoms with Crippen molar-refractivity contribution in [1.29, 1.82) is 0 Å². The van der Waals surface area contributed by atoms with E-state index in [4.69, 9.17) is 0 Å². The zero-order chi connectivity index (χ0) is 16.4. The number of H-pyrrole nitrogens is 1. The maximum atomic E-state index is 12.1. The molecule has 1 aromatic heterocycles. The number of para-hydroxylation sites is 2. The van der Waals surface area contributed by atoms with Crippen LogP contribution in [0, 0.1) is 0 Å². The van der Waals surface area contributed by atoms with E-state index in [0.717, 1.165) is 17.3 Å². The Labute approximate surface area is 133 Å². The summed E-state index contributed by atoms with van der Waals surface area (Å²) in [5, 5.41) is 2.75. The molecule has 2 aromatic carbocycles. The number of nitrogens with one attached hydrogen (secondary N) is 2. The monoisotopic (exact) mass is 329 g/mol. The van der Waals surface area contributed by atoms with Gasteiger partial charge in [0.25, 0.3) is 5.91 Å². The number of nitrogens with zero attached hydrogens (tertiary/aromatic N) is 1. The minimum absolute atomic E-state index is 0.186. The van der Waals surface area contributed by atoms with Gasteiger partial charge in [0.15, 0.2) is 9.84 Å². The Bertz CT molecular complexity index is 927. The van der Waals surface area contributed by atoms with Crippen molar-refractivity contribution >= 4 is 26.8 Å². The average molecular weight is 329 g/mol. The van der Waals surface area contributed by atoms with Crippen LogP contribution in [0.5, 0.6) is 0 Å². The van der Waals surface area contributed by atoms with Crippen LogP contribution in [0.1, 0.15) is 16.2 Å². The number of imidazole rings is 1. The van der Waals surface area contributed by atoms with E-state index in [-0.39, 0.29) is 17.3 Å². The van der Waals surface area contributed by atoms with Crippen molar-refractivity contribution < 1.29 is 13.2 Å². The van der Waals surface area contributed by atoms with Crippen molar-refractivity contribution in [2.24, 2.45) is 0 Å². The molecule has 0 saturated carbocycles. The molecule has 0 aliphatic rings. The van der Waals surface area contributed by atoms with E-state index in [0.29, 0.717) is 11.4 Å². The Balaban J connectivity index is 1.69. The Morgan fingerprint density at radius 3 is 2.48 bits per heavy atom. The molecule has 0 radical (unpaired) electrons. The largest absolute Gasteiger partial charge is 0.345 e. The van der Waals surface area contributed by atoms with Gasteiger partial charge in [-0.25, -0.2) is 13.4 Å². The smallest absolute Gasteiger partial charge is 0.251 e. The molecule has 23 heavy (non-hydrogen) atoms. The van der Waals surface area contributed by atoms with E-state index in [1.807, 2.05) is 24.3 Å². The first-order valence-electron chi connectivity index (χ1n) is 6.95. The maximum Gasteiger partial charge on any atom is 0.251 e. The highest BCUT2D eigenvalue weighted by atomic mass is 32.2. The molecule has 3 rings (SSSR count). The number of sulfone groups is 1. The van der Waals surface area contributed by atoms with Crippen LogP contribution in [0.15, 0.2) is 53.4 Å². The number of carbonyl (C=O) groups is 1. The van der Waals surface area contributed by atoms with Crippen LogP contribution in [0.3, 0.4) is 0 Å². The number of carbonyl (C=O) groups excluding carboxylic acids is 1.